The van der Waals surface area contributed by atoms with Gasteiger partial charge in [-0.2, -0.15) is 4.98 Å². The van der Waals surface area contributed by atoms with Crippen molar-refractivity contribution < 1.29 is 9.84 Å². The summed E-state index contributed by atoms with van der Waals surface area (Å²) in [7, 11) is 3.41. The van der Waals surface area contributed by atoms with E-state index < -0.39 is 17.4 Å². The molecule has 0 radical (unpaired) electrons. The van der Waals surface area contributed by atoms with Crippen LogP contribution >= 0.6 is 0 Å². The molecule has 9 nitrogen and oxygen atoms in total. The number of ether oxygens (including phenoxy) is 1. The summed E-state index contributed by atoms with van der Waals surface area (Å²) < 4.78 is 8.73. The second-order valence-electron chi connectivity index (χ2n) is 8.08. The smallest absolute Gasteiger partial charge is 0.329 e. The van der Waals surface area contributed by atoms with Crippen LogP contribution in [0.1, 0.15) is 11.1 Å². The summed E-state index contributed by atoms with van der Waals surface area (Å²) in [5.41, 5.74) is 1.41. The molecule has 2 aromatic heterocycles. The van der Waals surface area contributed by atoms with Crippen LogP contribution in [0.3, 0.4) is 0 Å². The summed E-state index contributed by atoms with van der Waals surface area (Å²) in [6.45, 7) is 2.57. The van der Waals surface area contributed by atoms with E-state index in [1.165, 1.54) is 4.57 Å². The van der Waals surface area contributed by atoms with Crippen LogP contribution in [0.25, 0.3) is 11.2 Å². The summed E-state index contributed by atoms with van der Waals surface area (Å²) in [5, 5.41) is 10.8. The van der Waals surface area contributed by atoms with E-state index in [1.54, 1.807) is 11.6 Å². The quantitative estimate of drug-likeness (QED) is 0.425. The van der Waals surface area contributed by atoms with Gasteiger partial charge < -0.3 is 19.3 Å². The first kappa shape index (κ1) is 22.3. The minimum absolute atomic E-state index is 0.0377. The second kappa shape index (κ2) is 9.33. The number of nitrogens with one attached hydrogen (secondary N) is 1. The van der Waals surface area contributed by atoms with Crippen molar-refractivity contribution in [3.05, 3.63) is 86.6 Å². The highest BCUT2D eigenvalue weighted by Crippen LogP contribution is 2.22. The fourth-order valence-electron chi connectivity index (χ4n) is 3.78. The van der Waals surface area contributed by atoms with Crippen LogP contribution in [0.4, 0.5) is 5.95 Å². The maximum absolute atomic E-state index is 12.7. The van der Waals surface area contributed by atoms with Gasteiger partial charge in [0.2, 0.25) is 5.95 Å². The second-order valence-corrected chi connectivity index (χ2v) is 8.08. The number of para-hydroxylation sites is 1. The van der Waals surface area contributed by atoms with Gasteiger partial charge in [-0.25, -0.2) is 4.79 Å². The van der Waals surface area contributed by atoms with Crippen LogP contribution in [0, 0.1) is 6.92 Å². The van der Waals surface area contributed by atoms with Gasteiger partial charge in [0.05, 0.1) is 6.54 Å². The highest BCUT2D eigenvalue weighted by molar-refractivity contribution is 5.74. The lowest BCUT2D eigenvalue weighted by Gasteiger charge is -2.21. The number of nitrogens with zero attached hydrogens (tertiary/aromatic N) is 4. The molecule has 4 rings (SSSR count). The molecule has 0 aliphatic heterocycles. The Kier molecular flexibility index (Phi) is 6.32. The normalized spacial score (nSPS) is 12.1. The molecular weight excluding hydrogens is 422 g/mol. The van der Waals surface area contributed by atoms with Crippen LogP contribution in [0.15, 0.2) is 64.2 Å². The van der Waals surface area contributed by atoms with Crippen molar-refractivity contribution >= 4 is 17.1 Å². The third kappa shape index (κ3) is 4.68. The average molecular weight is 450 g/mol. The molecule has 2 aromatic carbocycles. The van der Waals surface area contributed by atoms with Gasteiger partial charge in [0.1, 0.15) is 18.5 Å². The number of aromatic nitrogens is 4. The van der Waals surface area contributed by atoms with Crippen LogP contribution < -0.4 is 20.9 Å². The minimum atomic E-state index is -0.914. The Balaban J connectivity index is 1.68. The van der Waals surface area contributed by atoms with Crippen molar-refractivity contribution in [2.24, 2.45) is 7.05 Å². The Morgan fingerprint density at radius 1 is 1.12 bits per heavy atom. The van der Waals surface area contributed by atoms with Gasteiger partial charge in [-0.05, 0) is 24.1 Å². The SMILES string of the molecule is Cc1ccccc1OCC(O)Cn1c(N(C)Cc2ccccc2)nc2c1c(=O)[nH]c(=O)n2C. The summed E-state index contributed by atoms with van der Waals surface area (Å²) in [4.78, 5) is 33.6. The van der Waals surface area contributed by atoms with Gasteiger partial charge in [0.15, 0.2) is 11.2 Å². The Labute approximate surface area is 190 Å². The topological polar surface area (TPSA) is 105 Å². The summed E-state index contributed by atoms with van der Waals surface area (Å²) in [6, 6.07) is 17.4. The molecule has 0 amide bonds. The number of aromatic amines is 1. The Bertz CT molecular complexity index is 1370. The first-order valence-corrected chi connectivity index (χ1v) is 10.7. The molecule has 172 valence electrons. The molecule has 2 N–H and O–H groups in total. The lowest BCUT2D eigenvalue weighted by molar-refractivity contribution is 0.0933. The summed E-state index contributed by atoms with van der Waals surface area (Å²) in [5.74, 6) is 1.16. The first-order chi connectivity index (χ1) is 15.8. The van der Waals surface area contributed by atoms with Gasteiger partial charge >= 0.3 is 5.69 Å². The maximum Gasteiger partial charge on any atom is 0.329 e. The standard InChI is InChI=1S/C24H27N5O4/c1-16-9-7-8-12-19(16)33-15-18(30)14-29-20-21(28(3)24(32)26-22(20)31)25-23(29)27(2)13-17-10-5-4-6-11-17/h4-12,18,30H,13-15H2,1-3H3,(H,26,31,32). The molecule has 0 saturated carbocycles. The van der Waals surface area contributed by atoms with Crippen LogP contribution in [-0.2, 0) is 20.1 Å². The highest BCUT2D eigenvalue weighted by atomic mass is 16.5. The Morgan fingerprint density at radius 3 is 2.55 bits per heavy atom. The van der Waals surface area contributed by atoms with Gasteiger partial charge in [-0.3, -0.25) is 14.3 Å². The van der Waals surface area contributed by atoms with Gasteiger partial charge in [-0.1, -0.05) is 48.5 Å². The van der Waals surface area contributed by atoms with Crippen molar-refractivity contribution in [1.29, 1.82) is 0 Å². The molecule has 2 heterocycles. The maximum atomic E-state index is 12.7. The Hall–Kier alpha value is -3.85. The fourth-order valence-corrected chi connectivity index (χ4v) is 3.78. The summed E-state index contributed by atoms with van der Waals surface area (Å²) >= 11 is 0. The molecule has 0 bridgehead atoms. The third-order valence-corrected chi connectivity index (χ3v) is 5.51. The van der Waals surface area contributed by atoms with Crippen LogP contribution in [0.5, 0.6) is 5.75 Å². The van der Waals surface area contributed by atoms with E-state index in [0.29, 0.717) is 18.2 Å². The predicted molar refractivity (Wildman–Crippen MR) is 127 cm³/mol. The van der Waals surface area contributed by atoms with E-state index in [0.717, 1.165) is 11.1 Å². The first-order valence-electron chi connectivity index (χ1n) is 10.7. The number of aliphatic hydroxyl groups is 1. The number of benzene rings is 2. The van der Waals surface area contributed by atoms with Gasteiger partial charge in [0, 0.05) is 20.6 Å². The molecule has 1 unspecified atom stereocenters. The zero-order valence-electron chi connectivity index (χ0n) is 18.9. The van der Waals surface area contributed by atoms with E-state index in [4.69, 9.17) is 4.74 Å². The molecular formula is C24H27N5O4. The number of hydrogen-bond acceptors (Lipinski definition) is 6. The number of anilines is 1. The number of hydrogen-bond donors (Lipinski definition) is 2. The van der Waals surface area contributed by atoms with E-state index in [9.17, 15) is 14.7 Å². The molecule has 4 aromatic rings. The van der Waals surface area contributed by atoms with Gasteiger partial charge in [-0.15, -0.1) is 0 Å². The molecule has 1 atom stereocenters. The average Bonchev–Trinajstić information content (AvgIpc) is 3.17. The zero-order chi connectivity index (χ0) is 23.5. The van der Waals surface area contributed by atoms with Crippen molar-refractivity contribution in [1.82, 2.24) is 19.1 Å². The lowest BCUT2D eigenvalue weighted by Crippen LogP contribution is -2.31. The molecule has 9 heteroatoms. The molecule has 0 saturated heterocycles. The van der Waals surface area contributed by atoms with E-state index in [1.807, 2.05) is 73.5 Å². The van der Waals surface area contributed by atoms with Crippen molar-refractivity contribution in [2.45, 2.75) is 26.1 Å². The van der Waals surface area contributed by atoms with E-state index >= 15 is 0 Å². The molecule has 0 aliphatic rings. The number of rotatable bonds is 8. The number of fused-ring (bicyclic) bond motifs is 1. The Morgan fingerprint density at radius 2 is 1.82 bits per heavy atom. The molecule has 33 heavy (non-hydrogen) atoms. The minimum Gasteiger partial charge on any atom is -0.491 e. The fraction of sp³-hybridized carbons (Fsp3) is 0.292. The number of imidazole rings is 1. The lowest BCUT2D eigenvalue weighted by atomic mass is 10.2. The number of aliphatic hydroxyl groups excluding tert-OH is 1. The van der Waals surface area contributed by atoms with Gasteiger partial charge in [0.25, 0.3) is 5.56 Å². The molecule has 0 fully saturated rings. The summed E-state index contributed by atoms with van der Waals surface area (Å²) in [6.07, 6.45) is -0.914. The predicted octanol–water partition coefficient (Wildman–Crippen LogP) is 1.81. The van der Waals surface area contributed by atoms with Crippen molar-refractivity contribution in [3.63, 3.8) is 0 Å². The number of H-pyrrole nitrogens is 1. The van der Waals surface area contributed by atoms with E-state index in [-0.39, 0.29) is 24.3 Å². The number of aryl methyl sites for hydroxylation is 2. The highest BCUT2D eigenvalue weighted by Gasteiger charge is 2.22. The third-order valence-electron chi connectivity index (χ3n) is 5.51. The van der Waals surface area contributed by atoms with Crippen molar-refractivity contribution in [2.75, 3.05) is 18.6 Å². The van der Waals surface area contributed by atoms with Crippen molar-refractivity contribution in [3.8, 4) is 5.75 Å². The van der Waals surface area contributed by atoms with E-state index in [2.05, 4.69) is 9.97 Å². The largest absolute Gasteiger partial charge is 0.491 e. The molecule has 0 spiro atoms. The van der Waals surface area contributed by atoms with Crippen LogP contribution in [0.2, 0.25) is 0 Å². The molecule has 0 aliphatic carbocycles. The monoisotopic (exact) mass is 449 g/mol. The van der Waals surface area contributed by atoms with Crippen LogP contribution in [-0.4, -0.2) is 44.0 Å². The zero-order valence-corrected chi connectivity index (χ0v) is 18.9.